The molecule has 0 heterocycles. The van der Waals surface area contributed by atoms with Crippen molar-refractivity contribution in [1.82, 2.24) is 0 Å². The lowest BCUT2D eigenvalue weighted by Crippen LogP contribution is -2.50. The van der Waals surface area contributed by atoms with Crippen molar-refractivity contribution < 1.29 is 0 Å². The average Bonchev–Trinajstić information content (AvgIpc) is 2.52. The molecule has 0 N–H and O–H groups in total. The van der Waals surface area contributed by atoms with E-state index in [0.29, 0.717) is 17.3 Å². The number of rotatable bonds is 3. The molecule has 1 fully saturated rings. The minimum Gasteiger partial charge on any atom is -0.232 e. The molecular weight excluding hydrogens is 298 g/mol. The first-order valence-electron chi connectivity index (χ1n) is 9.08. The molecular formula is C21H29NS. The number of aryl methyl sites for hydroxylation is 1. The van der Waals surface area contributed by atoms with Gasteiger partial charge in [0.25, 0.3) is 0 Å². The van der Waals surface area contributed by atoms with E-state index >= 15 is 0 Å². The quantitative estimate of drug-likeness (QED) is 0.495. The summed E-state index contributed by atoms with van der Waals surface area (Å²) in [5, 5.41) is 2.60. The molecule has 3 rings (SSSR count). The van der Waals surface area contributed by atoms with Crippen LogP contribution < -0.4 is 0 Å². The number of nitrogens with zero attached hydrogens (tertiary/aromatic N) is 1. The summed E-state index contributed by atoms with van der Waals surface area (Å²) in [7, 11) is 0. The molecule has 0 aromatic heterocycles. The zero-order valence-electron chi connectivity index (χ0n) is 15.0. The van der Waals surface area contributed by atoms with Crippen LogP contribution >= 0.6 is 12.2 Å². The fourth-order valence-corrected chi connectivity index (χ4v) is 5.47. The van der Waals surface area contributed by atoms with Crippen molar-refractivity contribution in [1.29, 1.82) is 0 Å². The van der Waals surface area contributed by atoms with Gasteiger partial charge in [-0.1, -0.05) is 52.3 Å². The second-order valence-electron chi connectivity index (χ2n) is 8.50. The molecule has 1 saturated carbocycles. The van der Waals surface area contributed by atoms with E-state index in [4.69, 9.17) is 12.2 Å². The highest BCUT2D eigenvalue weighted by molar-refractivity contribution is 7.78. The van der Waals surface area contributed by atoms with Crippen molar-refractivity contribution in [3.8, 4) is 0 Å². The third-order valence-electron chi connectivity index (χ3n) is 6.67. The Balaban J connectivity index is 2.02. The molecule has 1 aromatic carbocycles. The molecule has 0 spiro atoms. The molecule has 2 heteroatoms. The van der Waals surface area contributed by atoms with Gasteiger partial charge in [-0.05, 0) is 77.3 Å². The van der Waals surface area contributed by atoms with Gasteiger partial charge < -0.3 is 0 Å². The van der Waals surface area contributed by atoms with Crippen LogP contribution in [0.3, 0.4) is 0 Å². The second-order valence-corrected chi connectivity index (χ2v) is 8.68. The van der Waals surface area contributed by atoms with E-state index in [1.807, 2.05) is 0 Å². The Labute approximate surface area is 146 Å². The maximum absolute atomic E-state index is 4.83. The highest BCUT2D eigenvalue weighted by atomic mass is 32.1. The molecule has 2 aliphatic rings. The van der Waals surface area contributed by atoms with Crippen molar-refractivity contribution in [3.63, 3.8) is 0 Å². The highest BCUT2D eigenvalue weighted by Gasteiger charge is 2.51. The van der Waals surface area contributed by atoms with Crippen molar-refractivity contribution >= 4 is 17.4 Å². The van der Waals surface area contributed by atoms with E-state index in [1.165, 1.54) is 37.7 Å². The third-order valence-corrected chi connectivity index (χ3v) is 6.80. The van der Waals surface area contributed by atoms with E-state index in [1.54, 1.807) is 11.1 Å². The summed E-state index contributed by atoms with van der Waals surface area (Å²) in [4.78, 5) is 4.35. The lowest BCUT2D eigenvalue weighted by molar-refractivity contribution is 0.0332. The highest BCUT2D eigenvalue weighted by Crippen LogP contribution is 2.57. The van der Waals surface area contributed by atoms with Crippen LogP contribution in [0.5, 0.6) is 0 Å². The number of isothiocyanates is 1. The van der Waals surface area contributed by atoms with E-state index in [0.717, 1.165) is 6.54 Å². The largest absolute Gasteiger partial charge is 0.232 e. The van der Waals surface area contributed by atoms with Gasteiger partial charge in [-0.2, -0.15) is 0 Å². The number of hydrogen-bond acceptors (Lipinski definition) is 2. The van der Waals surface area contributed by atoms with Crippen molar-refractivity contribution in [2.24, 2.45) is 16.3 Å². The Hall–Kier alpha value is -0.980. The molecule has 0 bridgehead atoms. The number of hydrogen-bond donors (Lipinski definition) is 0. The summed E-state index contributed by atoms with van der Waals surface area (Å²) in [5.41, 5.74) is 5.25. The SMILES string of the molecule is CC(C)c1ccc2c(c1)CC[C@@H]1[C@](C)(CN=C=S)CCC[C@]21C. The number of aliphatic imine (C=N–C) groups is 1. The Morgan fingerprint density at radius 1 is 1.30 bits per heavy atom. The second kappa shape index (κ2) is 6.15. The van der Waals surface area contributed by atoms with Gasteiger partial charge in [0, 0.05) is 0 Å². The van der Waals surface area contributed by atoms with E-state index < -0.39 is 0 Å². The Kier molecular flexibility index (Phi) is 4.51. The van der Waals surface area contributed by atoms with Gasteiger partial charge >= 0.3 is 0 Å². The van der Waals surface area contributed by atoms with Gasteiger partial charge in [-0.15, -0.1) is 0 Å². The Bertz CT molecular complexity index is 643. The van der Waals surface area contributed by atoms with E-state index in [2.05, 4.69) is 56.0 Å². The summed E-state index contributed by atoms with van der Waals surface area (Å²) in [6.45, 7) is 10.4. The van der Waals surface area contributed by atoms with Crippen LogP contribution in [0.4, 0.5) is 0 Å². The molecule has 3 atom stereocenters. The molecule has 1 aromatic rings. The Morgan fingerprint density at radius 3 is 2.78 bits per heavy atom. The van der Waals surface area contributed by atoms with Crippen LogP contribution in [0.25, 0.3) is 0 Å². The summed E-state index contributed by atoms with van der Waals surface area (Å²) in [6.07, 6.45) is 6.37. The van der Waals surface area contributed by atoms with Crippen molar-refractivity contribution in [2.45, 2.75) is 71.1 Å². The molecule has 0 aliphatic heterocycles. The lowest BCUT2D eigenvalue weighted by atomic mass is 9.50. The molecule has 23 heavy (non-hydrogen) atoms. The minimum atomic E-state index is 0.271. The third kappa shape index (κ3) is 2.81. The predicted octanol–water partition coefficient (Wildman–Crippen LogP) is 5.92. The first-order chi connectivity index (χ1) is 10.9. The molecule has 0 saturated heterocycles. The minimum absolute atomic E-state index is 0.271. The number of thiocarbonyl (C=S) groups is 1. The number of benzene rings is 1. The molecule has 124 valence electrons. The zero-order chi connectivity index (χ0) is 16.7. The van der Waals surface area contributed by atoms with Crippen LogP contribution in [0.2, 0.25) is 0 Å². The molecule has 0 amide bonds. The maximum Gasteiger partial charge on any atom is 0.0585 e. The van der Waals surface area contributed by atoms with Gasteiger partial charge in [0.05, 0.1) is 11.7 Å². The summed E-state index contributed by atoms with van der Waals surface area (Å²) in [5.74, 6) is 1.31. The van der Waals surface area contributed by atoms with Crippen LogP contribution in [0, 0.1) is 11.3 Å². The number of fused-ring (bicyclic) bond motifs is 3. The molecule has 0 unspecified atom stereocenters. The molecule has 0 radical (unpaired) electrons. The van der Waals surface area contributed by atoms with Gasteiger partial charge in [-0.3, -0.25) is 0 Å². The van der Waals surface area contributed by atoms with Crippen molar-refractivity contribution in [3.05, 3.63) is 34.9 Å². The molecule has 1 nitrogen and oxygen atoms in total. The Morgan fingerprint density at radius 2 is 2.09 bits per heavy atom. The average molecular weight is 328 g/mol. The normalized spacial score (nSPS) is 32.8. The van der Waals surface area contributed by atoms with E-state index in [9.17, 15) is 0 Å². The fraction of sp³-hybridized carbons (Fsp3) is 0.667. The smallest absolute Gasteiger partial charge is 0.0585 e. The topological polar surface area (TPSA) is 12.4 Å². The lowest BCUT2D eigenvalue weighted by Gasteiger charge is -2.55. The van der Waals surface area contributed by atoms with Crippen LogP contribution in [-0.2, 0) is 11.8 Å². The van der Waals surface area contributed by atoms with Crippen LogP contribution in [0.1, 0.15) is 76.0 Å². The fourth-order valence-electron chi connectivity index (χ4n) is 5.41. The standard InChI is InChI=1S/C21H29NS/c1-15(2)16-6-8-18-17(12-16)7-9-19-20(3,13-22-14-23)10-5-11-21(18,19)4/h6,8,12,15,19H,5,7,9-11,13H2,1-4H3/t19-,20+,21-/m1/s1. The first kappa shape index (κ1) is 16.9. The summed E-state index contributed by atoms with van der Waals surface area (Å²) in [6, 6.07) is 7.27. The van der Waals surface area contributed by atoms with Gasteiger partial charge in [0.2, 0.25) is 0 Å². The van der Waals surface area contributed by atoms with Crippen LogP contribution in [0.15, 0.2) is 23.2 Å². The van der Waals surface area contributed by atoms with E-state index in [-0.39, 0.29) is 5.41 Å². The zero-order valence-corrected chi connectivity index (χ0v) is 15.8. The van der Waals surface area contributed by atoms with Crippen LogP contribution in [-0.4, -0.2) is 11.7 Å². The molecule has 2 aliphatic carbocycles. The predicted molar refractivity (Wildman–Crippen MR) is 102 cm³/mol. The first-order valence-corrected chi connectivity index (χ1v) is 9.48. The van der Waals surface area contributed by atoms with Gasteiger partial charge in [0.15, 0.2) is 0 Å². The monoisotopic (exact) mass is 327 g/mol. The summed E-state index contributed by atoms with van der Waals surface area (Å²) >= 11 is 4.83. The summed E-state index contributed by atoms with van der Waals surface area (Å²) < 4.78 is 0. The van der Waals surface area contributed by atoms with Crippen molar-refractivity contribution in [2.75, 3.05) is 6.54 Å². The van der Waals surface area contributed by atoms with Gasteiger partial charge in [0.1, 0.15) is 0 Å². The van der Waals surface area contributed by atoms with Gasteiger partial charge in [-0.25, -0.2) is 4.99 Å². The maximum atomic E-state index is 4.83.